The molecular weight excluding hydrogens is 163 g/mol. The van der Waals surface area contributed by atoms with Gasteiger partial charge in [0.25, 0.3) is 0 Å². The molecule has 0 atom stereocenters. The molecule has 59 valence electrons. The van der Waals surface area contributed by atoms with Crippen LogP contribution in [-0.4, -0.2) is 0 Å². The summed E-state index contributed by atoms with van der Waals surface area (Å²) in [5, 5.41) is 0.215. The molecule has 0 nitrogen and oxygen atoms in total. The average molecular weight is 172 g/mol. The summed E-state index contributed by atoms with van der Waals surface area (Å²) in [6.45, 7) is 3.81. The highest BCUT2D eigenvalue weighted by molar-refractivity contribution is 6.31. The van der Waals surface area contributed by atoms with Crippen molar-refractivity contribution in [3.8, 4) is 0 Å². The maximum absolute atomic E-state index is 12.8. The Kier molecular flexibility index (Phi) is 2.50. The maximum Gasteiger partial charge on any atom is 0.142 e. The number of benzene rings is 1. The van der Waals surface area contributed by atoms with E-state index in [1.54, 1.807) is 12.1 Å². The second-order valence-corrected chi connectivity index (χ2v) is 2.98. The van der Waals surface area contributed by atoms with Crippen molar-refractivity contribution >= 4 is 11.6 Å². The summed E-state index contributed by atoms with van der Waals surface area (Å²) in [6, 6.07) is 4.82. The topological polar surface area (TPSA) is 0 Å². The average Bonchev–Trinajstić information content (AvgIpc) is 1.94. The second kappa shape index (κ2) is 3.22. The quantitative estimate of drug-likeness (QED) is 0.607. The van der Waals surface area contributed by atoms with E-state index >= 15 is 0 Å². The molecule has 2 heteroatoms. The molecular formula is C9H9ClF. The summed E-state index contributed by atoms with van der Waals surface area (Å²) in [4.78, 5) is 0. The predicted molar refractivity (Wildman–Crippen MR) is 45.1 cm³/mol. The standard InChI is InChI=1S/C9H9ClF/c1-6(2)7-4-3-5-8(11)9(7)10/h3-5H,1-2H3. The van der Waals surface area contributed by atoms with Gasteiger partial charge in [-0.2, -0.15) is 0 Å². The molecule has 1 radical (unpaired) electrons. The molecule has 0 N–H and O–H groups in total. The Morgan fingerprint density at radius 2 is 2.00 bits per heavy atom. The van der Waals surface area contributed by atoms with Crippen LogP contribution in [0.4, 0.5) is 4.39 Å². The summed E-state index contributed by atoms with van der Waals surface area (Å²) in [7, 11) is 0. The Morgan fingerprint density at radius 3 is 2.45 bits per heavy atom. The summed E-state index contributed by atoms with van der Waals surface area (Å²) in [5.41, 5.74) is 0.784. The van der Waals surface area contributed by atoms with Gasteiger partial charge in [0.2, 0.25) is 0 Å². The Balaban J connectivity index is 3.17. The fourth-order valence-electron chi connectivity index (χ4n) is 0.890. The van der Waals surface area contributed by atoms with Crippen molar-refractivity contribution in [3.05, 3.63) is 40.5 Å². The van der Waals surface area contributed by atoms with Crippen LogP contribution in [0.3, 0.4) is 0 Å². The van der Waals surface area contributed by atoms with Gasteiger partial charge in [0, 0.05) is 5.92 Å². The fourth-order valence-corrected chi connectivity index (χ4v) is 1.20. The summed E-state index contributed by atoms with van der Waals surface area (Å²) in [5.74, 6) is 0.667. The molecule has 0 heterocycles. The molecule has 1 rings (SSSR count). The van der Waals surface area contributed by atoms with E-state index in [9.17, 15) is 4.39 Å². The highest BCUT2D eigenvalue weighted by Crippen LogP contribution is 2.25. The van der Waals surface area contributed by atoms with Crippen LogP contribution in [-0.2, 0) is 0 Å². The van der Waals surface area contributed by atoms with Gasteiger partial charge in [-0.3, -0.25) is 0 Å². The lowest BCUT2D eigenvalue weighted by Gasteiger charge is -2.06. The zero-order valence-corrected chi connectivity index (χ0v) is 7.24. The molecule has 0 fully saturated rings. The van der Waals surface area contributed by atoms with Crippen LogP contribution in [0.25, 0.3) is 0 Å². The second-order valence-electron chi connectivity index (χ2n) is 2.60. The minimum atomic E-state index is -0.356. The zero-order valence-electron chi connectivity index (χ0n) is 6.49. The smallest absolute Gasteiger partial charge is 0.142 e. The van der Waals surface area contributed by atoms with E-state index in [0.717, 1.165) is 11.5 Å². The molecule has 0 aromatic heterocycles. The molecule has 0 saturated carbocycles. The molecule has 0 bridgehead atoms. The van der Waals surface area contributed by atoms with E-state index in [0.29, 0.717) is 0 Å². The third-order valence-electron chi connectivity index (χ3n) is 1.49. The SMILES string of the molecule is C[C](C)c1cccc(F)c1Cl. The van der Waals surface area contributed by atoms with Crippen LogP contribution in [0.15, 0.2) is 18.2 Å². The van der Waals surface area contributed by atoms with Gasteiger partial charge in [0.15, 0.2) is 0 Å². The predicted octanol–water partition coefficient (Wildman–Crippen LogP) is 3.44. The Bertz CT molecular complexity index is 256. The van der Waals surface area contributed by atoms with Crippen LogP contribution in [0.1, 0.15) is 19.4 Å². The molecule has 0 aliphatic heterocycles. The van der Waals surface area contributed by atoms with E-state index < -0.39 is 0 Å². The molecule has 0 aliphatic rings. The van der Waals surface area contributed by atoms with Crippen molar-refractivity contribution in [1.82, 2.24) is 0 Å². The minimum Gasteiger partial charge on any atom is -0.205 e. The third kappa shape index (κ3) is 1.72. The van der Waals surface area contributed by atoms with E-state index in [1.807, 2.05) is 13.8 Å². The molecule has 0 spiro atoms. The zero-order chi connectivity index (χ0) is 8.43. The van der Waals surface area contributed by atoms with E-state index in [4.69, 9.17) is 11.6 Å². The molecule has 0 amide bonds. The normalized spacial score (nSPS) is 10.6. The Labute approximate surface area is 71.0 Å². The van der Waals surface area contributed by atoms with Gasteiger partial charge >= 0.3 is 0 Å². The third-order valence-corrected chi connectivity index (χ3v) is 1.87. The number of rotatable bonds is 1. The van der Waals surface area contributed by atoms with Crippen molar-refractivity contribution < 1.29 is 4.39 Å². The lowest BCUT2D eigenvalue weighted by Crippen LogP contribution is -1.91. The van der Waals surface area contributed by atoms with Gasteiger partial charge in [0.05, 0.1) is 5.02 Å². The van der Waals surface area contributed by atoms with Crippen molar-refractivity contribution in [2.24, 2.45) is 0 Å². The highest BCUT2D eigenvalue weighted by atomic mass is 35.5. The molecule has 0 unspecified atom stereocenters. The molecule has 1 aromatic rings. The first kappa shape index (κ1) is 8.54. The van der Waals surface area contributed by atoms with Gasteiger partial charge < -0.3 is 0 Å². The first-order chi connectivity index (χ1) is 5.13. The van der Waals surface area contributed by atoms with Gasteiger partial charge in [-0.25, -0.2) is 4.39 Å². The Morgan fingerprint density at radius 1 is 1.36 bits per heavy atom. The van der Waals surface area contributed by atoms with Crippen LogP contribution < -0.4 is 0 Å². The molecule has 1 aromatic carbocycles. The van der Waals surface area contributed by atoms with Crippen molar-refractivity contribution in [2.75, 3.05) is 0 Å². The molecule has 11 heavy (non-hydrogen) atoms. The van der Waals surface area contributed by atoms with Crippen molar-refractivity contribution in [1.29, 1.82) is 0 Å². The van der Waals surface area contributed by atoms with Gasteiger partial charge in [0.1, 0.15) is 5.82 Å². The summed E-state index contributed by atoms with van der Waals surface area (Å²) >= 11 is 5.69. The first-order valence-electron chi connectivity index (χ1n) is 3.37. The summed E-state index contributed by atoms with van der Waals surface area (Å²) < 4.78 is 12.8. The molecule has 0 aliphatic carbocycles. The Hall–Kier alpha value is -0.560. The number of hydrogen-bond acceptors (Lipinski definition) is 0. The minimum absolute atomic E-state index is 0.215. The van der Waals surface area contributed by atoms with E-state index in [2.05, 4.69) is 0 Å². The molecule has 0 saturated heterocycles. The first-order valence-corrected chi connectivity index (χ1v) is 3.75. The van der Waals surface area contributed by atoms with Gasteiger partial charge in [-0.1, -0.05) is 37.6 Å². The maximum atomic E-state index is 12.8. The van der Waals surface area contributed by atoms with Gasteiger partial charge in [-0.15, -0.1) is 0 Å². The monoisotopic (exact) mass is 171 g/mol. The van der Waals surface area contributed by atoms with Gasteiger partial charge in [-0.05, 0) is 11.6 Å². The van der Waals surface area contributed by atoms with E-state index in [1.165, 1.54) is 6.07 Å². The summed E-state index contributed by atoms with van der Waals surface area (Å²) in [6.07, 6.45) is 0. The van der Waals surface area contributed by atoms with Crippen molar-refractivity contribution in [2.45, 2.75) is 13.8 Å². The van der Waals surface area contributed by atoms with Crippen LogP contribution >= 0.6 is 11.6 Å². The van der Waals surface area contributed by atoms with Crippen LogP contribution in [0.5, 0.6) is 0 Å². The number of halogens is 2. The number of hydrogen-bond donors (Lipinski definition) is 0. The van der Waals surface area contributed by atoms with Crippen LogP contribution in [0.2, 0.25) is 5.02 Å². The largest absolute Gasteiger partial charge is 0.205 e. The fraction of sp³-hybridized carbons (Fsp3) is 0.222. The highest BCUT2D eigenvalue weighted by Gasteiger charge is 2.07. The van der Waals surface area contributed by atoms with Crippen molar-refractivity contribution in [3.63, 3.8) is 0 Å². The lowest BCUT2D eigenvalue weighted by atomic mass is 10.0. The van der Waals surface area contributed by atoms with E-state index in [-0.39, 0.29) is 10.8 Å². The lowest BCUT2D eigenvalue weighted by molar-refractivity contribution is 0.626. The van der Waals surface area contributed by atoms with Crippen LogP contribution in [0, 0.1) is 11.7 Å².